The molecular weight excluding hydrogens is 302 g/mol. The van der Waals surface area contributed by atoms with Crippen LogP contribution in [0.4, 0.5) is 5.69 Å². The SMILES string of the molecule is CCOC(=O)c1sc(-c2sccc2Cl)c(CC)c1N. The van der Waals surface area contributed by atoms with Crippen molar-refractivity contribution in [2.45, 2.75) is 20.3 Å². The molecule has 6 heteroatoms. The standard InChI is InChI=1S/C13H14ClNO2S2/c1-3-7-9(15)12(13(16)17-4-2)19-10(7)11-8(14)5-6-18-11/h5-6H,3-4,15H2,1-2H3. The number of ether oxygens (including phenoxy) is 1. The number of nitrogen functional groups attached to an aromatic ring is 1. The van der Waals surface area contributed by atoms with Crippen LogP contribution >= 0.6 is 34.3 Å². The highest BCUT2D eigenvalue weighted by molar-refractivity contribution is 7.23. The third kappa shape index (κ3) is 2.63. The molecule has 2 rings (SSSR count). The lowest BCUT2D eigenvalue weighted by Gasteiger charge is -2.01. The van der Waals surface area contributed by atoms with Gasteiger partial charge >= 0.3 is 5.97 Å². The maximum atomic E-state index is 11.9. The number of carbonyl (C=O) groups is 1. The fraction of sp³-hybridized carbons (Fsp3) is 0.308. The maximum Gasteiger partial charge on any atom is 0.350 e. The summed E-state index contributed by atoms with van der Waals surface area (Å²) in [6, 6.07) is 1.85. The summed E-state index contributed by atoms with van der Waals surface area (Å²) < 4.78 is 5.03. The summed E-state index contributed by atoms with van der Waals surface area (Å²) in [5.74, 6) is -0.362. The van der Waals surface area contributed by atoms with E-state index in [1.165, 1.54) is 11.3 Å². The summed E-state index contributed by atoms with van der Waals surface area (Å²) in [5, 5.41) is 2.62. The summed E-state index contributed by atoms with van der Waals surface area (Å²) in [6.07, 6.45) is 0.755. The van der Waals surface area contributed by atoms with Gasteiger partial charge in [-0.25, -0.2) is 4.79 Å². The summed E-state index contributed by atoms with van der Waals surface area (Å²) in [6.45, 7) is 4.13. The molecule has 0 amide bonds. The Morgan fingerprint density at radius 1 is 1.42 bits per heavy atom. The fourth-order valence-corrected chi connectivity index (χ4v) is 4.42. The first-order chi connectivity index (χ1) is 9.10. The molecule has 2 N–H and O–H groups in total. The number of thiophene rings is 2. The van der Waals surface area contributed by atoms with Gasteiger partial charge < -0.3 is 10.5 Å². The summed E-state index contributed by atoms with van der Waals surface area (Å²) in [5.41, 5.74) is 7.56. The van der Waals surface area contributed by atoms with Gasteiger partial charge in [0.15, 0.2) is 0 Å². The molecule has 0 radical (unpaired) electrons. The smallest absolute Gasteiger partial charge is 0.350 e. The Labute approximate surface area is 125 Å². The Morgan fingerprint density at radius 2 is 2.16 bits per heavy atom. The quantitative estimate of drug-likeness (QED) is 0.848. The number of esters is 1. The number of carbonyl (C=O) groups excluding carboxylic acids is 1. The second kappa shape index (κ2) is 5.94. The van der Waals surface area contributed by atoms with E-state index in [9.17, 15) is 4.79 Å². The molecule has 0 aliphatic rings. The molecule has 0 bridgehead atoms. The van der Waals surface area contributed by atoms with Crippen LogP contribution in [-0.2, 0) is 11.2 Å². The largest absolute Gasteiger partial charge is 0.462 e. The number of nitrogens with two attached hydrogens (primary N) is 1. The van der Waals surface area contributed by atoms with Crippen molar-refractivity contribution < 1.29 is 9.53 Å². The van der Waals surface area contributed by atoms with E-state index in [0.29, 0.717) is 22.2 Å². The topological polar surface area (TPSA) is 52.3 Å². The van der Waals surface area contributed by atoms with Crippen molar-refractivity contribution in [2.24, 2.45) is 0 Å². The van der Waals surface area contributed by atoms with E-state index < -0.39 is 0 Å². The van der Waals surface area contributed by atoms with Crippen molar-refractivity contribution in [1.29, 1.82) is 0 Å². The predicted octanol–water partition coefficient (Wildman–Crippen LogP) is 4.45. The van der Waals surface area contributed by atoms with Crippen LogP contribution < -0.4 is 5.73 Å². The van der Waals surface area contributed by atoms with E-state index in [0.717, 1.165) is 21.7 Å². The average molecular weight is 316 g/mol. The first-order valence-electron chi connectivity index (χ1n) is 5.91. The number of halogens is 1. The lowest BCUT2D eigenvalue weighted by molar-refractivity contribution is 0.0533. The lowest BCUT2D eigenvalue weighted by Crippen LogP contribution is -2.05. The van der Waals surface area contributed by atoms with Gasteiger partial charge in [-0.15, -0.1) is 22.7 Å². The minimum Gasteiger partial charge on any atom is -0.462 e. The fourth-order valence-electron chi connectivity index (χ4n) is 1.82. The van der Waals surface area contributed by atoms with E-state index in [1.54, 1.807) is 18.3 Å². The molecule has 0 fully saturated rings. The molecule has 0 saturated carbocycles. The van der Waals surface area contributed by atoms with E-state index in [-0.39, 0.29) is 5.97 Å². The Morgan fingerprint density at radius 3 is 2.68 bits per heavy atom. The Balaban J connectivity index is 2.54. The van der Waals surface area contributed by atoms with Crippen LogP contribution in [-0.4, -0.2) is 12.6 Å². The van der Waals surface area contributed by atoms with E-state index >= 15 is 0 Å². The molecule has 2 heterocycles. The van der Waals surface area contributed by atoms with E-state index in [1.807, 2.05) is 18.4 Å². The molecule has 19 heavy (non-hydrogen) atoms. The Kier molecular flexibility index (Phi) is 4.50. The lowest BCUT2D eigenvalue weighted by atomic mass is 10.1. The van der Waals surface area contributed by atoms with Crippen molar-refractivity contribution in [1.82, 2.24) is 0 Å². The Bertz CT molecular complexity index is 604. The predicted molar refractivity (Wildman–Crippen MR) is 82.4 cm³/mol. The van der Waals surface area contributed by atoms with Crippen molar-refractivity contribution in [2.75, 3.05) is 12.3 Å². The van der Waals surface area contributed by atoms with Crippen LogP contribution in [0.15, 0.2) is 11.4 Å². The first-order valence-corrected chi connectivity index (χ1v) is 7.99. The molecule has 2 aromatic rings. The van der Waals surface area contributed by atoms with Gasteiger partial charge in [0.2, 0.25) is 0 Å². The number of rotatable bonds is 4. The number of anilines is 1. The van der Waals surface area contributed by atoms with Gasteiger partial charge in [-0.2, -0.15) is 0 Å². The van der Waals surface area contributed by atoms with Gasteiger partial charge in [-0.1, -0.05) is 18.5 Å². The molecule has 0 aromatic carbocycles. The zero-order chi connectivity index (χ0) is 14.0. The third-order valence-electron chi connectivity index (χ3n) is 2.69. The number of hydrogen-bond acceptors (Lipinski definition) is 5. The zero-order valence-corrected chi connectivity index (χ0v) is 13.0. The van der Waals surface area contributed by atoms with Gasteiger partial charge in [-0.05, 0) is 30.4 Å². The second-order valence-electron chi connectivity index (χ2n) is 3.82. The molecule has 0 atom stereocenters. The van der Waals surface area contributed by atoms with Crippen LogP contribution in [0.3, 0.4) is 0 Å². The zero-order valence-electron chi connectivity index (χ0n) is 10.7. The molecule has 3 nitrogen and oxygen atoms in total. The molecule has 102 valence electrons. The Hall–Kier alpha value is -1.04. The van der Waals surface area contributed by atoms with E-state index in [2.05, 4.69) is 0 Å². The molecule has 0 unspecified atom stereocenters. The van der Waals surface area contributed by atoms with Gasteiger partial charge in [0.25, 0.3) is 0 Å². The summed E-state index contributed by atoms with van der Waals surface area (Å²) in [7, 11) is 0. The first kappa shape index (κ1) is 14.4. The van der Waals surface area contributed by atoms with Gasteiger partial charge in [-0.3, -0.25) is 0 Å². The van der Waals surface area contributed by atoms with Crippen LogP contribution in [0.25, 0.3) is 9.75 Å². The van der Waals surface area contributed by atoms with Crippen LogP contribution in [0.5, 0.6) is 0 Å². The van der Waals surface area contributed by atoms with Crippen LogP contribution in [0.2, 0.25) is 5.02 Å². The van der Waals surface area contributed by atoms with Gasteiger partial charge in [0, 0.05) is 0 Å². The minimum atomic E-state index is -0.362. The third-order valence-corrected chi connectivity index (χ3v) is 5.42. The van der Waals surface area contributed by atoms with Gasteiger partial charge in [0.1, 0.15) is 4.88 Å². The normalized spacial score (nSPS) is 10.7. The highest BCUT2D eigenvalue weighted by Gasteiger charge is 2.23. The molecule has 0 aliphatic carbocycles. The van der Waals surface area contributed by atoms with Gasteiger partial charge in [0.05, 0.1) is 27.1 Å². The van der Waals surface area contributed by atoms with E-state index in [4.69, 9.17) is 22.1 Å². The summed E-state index contributed by atoms with van der Waals surface area (Å²) >= 11 is 9.07. The van der Waals surface area contributed by atoms with Crippen molar-refractivity contribution in [3.05, 3.63) is 26.9 Å². The van der Waals surface area contributed by atoms with Crippen molar-refractivity contribution >= 4 is 45.9 Å². The minimum absolute atomic E-state index is 0.340. The van der Waals surface area contributed by atoms with Crippen molar-refractivity contribution in [3.63, 3.8) is 0 Å². The molecule has 0 spiro atoms. The highest BCUT2D eigenvalue weighted by Crippen LogP contribution is 2.44. The molecule has 0 aliphatic heterocycles. The van der Waals surface area contributed by atoms with Crippen LogP contribution in [0, 0.1) is 0 Å². The average Bonchev–Trinajstić information content (AvgIpc) is 2.93. The molecule has 2 aromatic heterocycles. The van der Waals surface area contributed by atoms with Crippen molar-refractivity contribution in [3.8, 4) is 9.75 Å². The molecular formula is C13H14ClNO2S2. The molecule has 0 saturated heterocycles. The highest BCUT2D eigenvalue weighted by atomic mass is 35.5. The monoisotopic (exact) mass is 315 g/mol. The summed E-state index contributed by atoms with van der Waals surface area (Å²) in [4.78, 5) is 14.3. The number of hydrogen-bond donors (Lipinski definition) is 1. The second-order valence-corrected chi connectivity index (χ2v) is 6.17. The maximum absolute atomic E-state index is 11.9. The van der Waals surface area contributed by atoms with Crippen LogP contribution in [0.1, 0.15) is 29.1 Å².